The predicted octanol–water partition coefficient (Wildman–Crippen LogP) is 2.21. The number of pyridine rings is 1. The van der Waals surface area contributed by atoms with Crippen molar-refractivity contribution in [3.63, 3.8) is 0 Å². The van der Waals surface area contributed by atoms with Crippen LogP contribution in [0.4, 0.5) is 10.1 Å². The minimum atomic E-state index is -0.892. The predicted molar refractivity (Wildman–Crippen MR) is 88.6 cm³/mol. The van der Waals surface area contributed by atoms with Crippen LogP contribution in [-0.4, -0.2) is 29.9 Å². The van der Waals surface area contributed by atoms with E-state index in [-0.39, 0.29) is 17.6 Å². The van der Waals surface area contributed by atoms with E-state index in [1.54, 1.807) is 4.57 Å². The van der Waals surface area contributed by atoms with Crippen LogP contribution in [0.1, 0.15) is 25.3 Å². The molecule has 120 valence electrons. The average Bonchev–Trinajstić information content (AvgIpc) is 3.42. The molecule has 3 unspecified atom stereocenters. The number of anilines is 1. The summed E-state index contributed by atoms with van der Waals surface area (Å²) in [4.78, 5) is 14.5. The van der Waals surface area contributed by atoms with Crippen LogP contribution in [0.5, 0.6) is 0 Å². The first-order valence-corrected chi connectivity index (χ1v) is 8.37. The molecule has 23 heavy (non-hydrogen) atoms. The van der Waals surface area contributed by atoms with E-state index in [4.69, 9.17) is 5.73 Å². The Morgan fingerprint density at radius 2 is 1.96 bits per heavy atom. The number of hydrogen-bond acceptors (Lipinski definition) is 3. The summed E-state index contributed by atoms with van der Waals surface area (Å²) in [6.07, 6.45) is 1.99. The van der Waals surface area contributed by atoms with Gasteiger partial charge in [-0.05, 0) is 36.4 Å². The minimum absolute atomic E-state index is 0.114. The highest BCUT2D eigenvalue weighted by molar-refractivity contribution is 5.83. The number of aromatic nitrogens is 1. The largest absolute Gasteiger partial charge is 0.369 e. The van der Waals surface area contributed by atoms with Crippen LogP contribution in [-0.2, 0) is 0 Å². The average molecular weight is 313 g/mol. The lowest BCUT2D eigenvalue weighted by Gasteiger charge is -2.20. The second-order valence-corrected chi connectivity index (χ2v) is 7.45. The second kappa shape index (κ2) is 4.35. The van der Waals surface area contributed by atoms with E-state index in [9.17, 15) is 9.18 Å². The lowest BCUT2D eigenvalue weighted by Crippen LogP contribution is -2.30. The van der Waals surface area contributed by atoms with E-state index in [2.05, 4.69) is 11.0 Å². The standard InChI is InChI=1S/C18H20FN3O/c19-13-8-15(13)22-14-7-12(3-1-11(14)2-4-17(22)23)21-9-16(20)18(10-21)5-6-18/h1-4,7,13,15-16H,5-6,8-10,20H2. The Labute approximate surface area is 133 Å². The molecule has 1 aliphatic heterocycles. The fraction of sp³-hybridized carbons (Fsp3) is 0.500. The van der Waals surface area contributed by atoms with Gasteiger partial charge in [-0.2, -0.15) is 0 Å². The van der Waals surface area contributed by atoms with Gasteiger partial charge in [-0.25, -0.2) is 4.39 Å². The van der Waals surface area contributed by atoms with Gasteiger partial charge in [0.25, 0.3) is 5.56 Å². The molecule has 1 aromatic heterocycles. The molecule has 3 atom stereocenters. The van der Waals surface area contributed by atoms with E-state index >= 15 is 0 Å². The zero-order valence-electron chi connectivity index (χ0n) is 12.9. The third-order valence-corrected chi connectivity index (χ3v) is 5.90. The summed E-state index contributed by atoms with van der Waals surface area (Å²) in [6.45, 7) is 1.85. The fourth-order valence-corrected chi connectivity index (χ4v) is 4.08. The van der Waals surface area contributed by atoms with Crippen molar-refractivity contribution >= 4 is 16.6 Å². The van der Waals surface area contributed by atoms with Gasteiger partial charge in [0.15, 0.2) is 0 Å². The number of hydrogen-bond donors (Lipinski definition) is 1. The molecule has 1 aromatic carbocycles. The maximum atomic E-state index is 13.5. The SMILES string of the molecule is NC1CN(c2ccc3ccc(=O)n(C4CC4F)c3c2)CC12CC2. The normalized spacial score (nSPS) is 31.0. The van der Waals surface area contributed by atoms with Crippen LogP contribution >= 0.6 is 0 Å². The number of rotatable bonds is 2. The molecular formula is C18H20FN3O. The Bertz CT molecular complexity index is 857. The van der Waals surface area contributed by atoms with Crippen molar-refractivity contribution in [3.8, 4) is 0 Å². The molecule has 5 heteroatoms. The zero-order chi connectivity index (χ0) is 15.8. The van der Waals surface area contributed by atoms with Crippen molar-refractivity contribution in [1.29, 1.82) is 0 Å². The van der Waals surface area contributed by atoms with Crippen molar-refractivity contribution in [1.82, 2.24) is 4.57 Å². The van der Waals surface area contributed by atoms with Crippen LogP contribution in [0.15, 0.2) is 35.1 Å². The Kier molecular flexibility index (Phi) is 2.56. The zero-order valence-corrected chi connectivity index (χ0v) is 12.9. The summed E-state index contributed by atoms with van der Waals surface area (Å²) in [5.74, 6) is 0. The summed E-state index contributed by atoms with van der Waals surface area (Å²) in [5, 5.41) is 0.983. The molecule has 0 amide bonds. The van der Waals surface area contributed by atoms with Gasteiger partial charge in [0.1, 0.15) is 6.17 Å². The van der Waals surface area contributed by atoms with Crippen molar-refractivity contribution in [2.45, 2.75) is 37.5 Å². The number of alkyl halides is 1. The van der Waals surface area contributed by atoms with E-state index in [0.717, 1.165) is 29.7 Å². The van der Waals surface area contributed by atoms with Crippen molar-refractivity contribution < 1.29 is 4.39 Å². The third kappa shape index (κ3) is 1.96. The smallest absolute Gasteiger partial charge is 0.251 e. The van der Waals surface area contributed by atoms with Crippen molar-refractivity contribution in [2.75, 3.05) is 18.0 Å². The Balaban J connectivity index is 1.60. The van der Waals surface area contributed by atoms with Crippen LogP contribution in [0.3, 0.4) is 0 Å². The molecule has 2 N–H and O–H groups in total. The van der Waals surface area contributed by atoms with Crippen molar-refractivity contribution in [3.05, 3.63) is 40.7 Å². The van der Waals surface area contributed by atoms with E-state index in [1.807, 2.05) is 18.2 Å². The van der Waals surface area contributed by atoms with Gasteiger partial charge < -0.3 is 15.2 Å². The molecule has 1 saturated heterocycles. The summed E-state index contributed by atoms with van der Waals surface area (Å²) in [7, 11) is 0. The number of nitrogens with two attached hydrogens (primary N) is 1. The Hall–Kier alpha value is -1.88. The molecule has 2 aliphatic carbocycles. The summed E-state index contributed by atoms with van der Waals surface area (Å²) in [6, 6.07) is 9.46. The number of benzene rings is 1. The van der Waals surface area contributed by atoms with Crippen LogP contribution in [0, 0.1) is 5.41 Å². The van der Waals surface area contributed by atoms with E-state index in [0.29, 0.717) is 11.8 Å². The first-order valence-electron chi connectivity index (χ1n) is 8.37. The lowest BCUT2D eigenvalue weighted by atomic mass is 10.0. The van der Waals surface area contributed by atoms with Gasteiger partial charge in [0, 0.05) is 42.7 Å². The molecule has 0 radical (unpaired) electrons. The van der Waals surface area contributed by atoms with Crippen molar-refractivity contribution in [2.24, 2.45) is 11.1 Å². The molecule has 1 spiro atoms. The first-order chi connectivity index (χ1) is 11.1. The van der Waals surface area contributed by atoms with Crippen LogP contribution < -0.4 is 16.2 Å². The summed E-state index contributed by atoms with van der Waals surface area (Å²) in [5.41, 5.74) is 8.42. The molecule has 2 heterocycles. The van der Waals surface area contributed by atoms with Crippen LogP contribution in [0.2, 0.25) is 0 Å². The number of nitrogens with zero attached hydrogens (tertiary/aromatic N) is 2. The third-order valence-electron chi connectivity index (χ3n) is 5.90. The second-order valence-electron chi connectivity index (χ2n) is 7.45. The molecular weight excluding hydrogens is 293 g/mol. The number of fused-ring (bicyclic) bond motifs is 1. The van der Waals surface area contributed by atoms with Gasteiger partial charge in [-0.3, -0.25) is 4.79 Å². The molecule has 2 saturated carbocycles. The molecule has 4 nitrogen and oxygen atoms in total. The summed E-state index contributed by atoms with van der Waals surface area (Å²) < 4.78 is 15.2. The summed E-state index contributed by atoms with van der Waals surface area (Å²) >= 11 is 0. The minimum Gasteiger partial charge on any atom is -0.369 e. The maximum absolute atomic E-state index is 13.5. The monoisotopic (exact) mass is 313 g/mol. The van der Waals surface area contributed by atoms with Gasteiger partial charge in [0.05, 0.1) is 11.6 Å². The molecule has 5 rings (SSSR count). The molecule has 3 aliphatic rings. The van der Waals surface area contributed by atoms with E-state index in [1.165, 1.54) is 18.9 Å². The van der Waals surface area contributed by atoms with Gasteiger partial charge in [-0.1, -0.05) is 6.07 Å². The first kappa shape index (κ1) is 13.5. The Morgan fingerprint density at radius 1 is 1.22 bits per heavy atom. The highest BCUT2D eigenvalue weighted by Gasteiger charge is 2.53. The maximum Gasteiger partial charge on any atom is 0.251 e. The topological polar surface area (TPSA) is 51.3 Å². The van der Waals surface area contributed by atoms with Gasteiger partial charge in [0.2, 0.25) is 0 Å². The van der Waals surface area contributed by atoms with Gasteiger partial charge in [-0.15, -0.1) is 0 Å². The highest BCUT2D eigenvalue weighted by Crippen LogP contribution is 2.52. The molecule has 3 fully saturated rings. The fourth-order valence-electron chi connectivity index (χ4n) is 4.08. The molecule has 0 bridgehead atoms. The molecule has 2 aromatic rings. The lowest BCUT2D eigenvalue weighted by molar-refractivity contribution is 0.442. The Morgan fingerprint density at radius 3 is 2.61 bits per heavy atom. The van der Waals surface area contributed by atoms with E-state index < -0.39 is 6.17 Å². The highest BCUT2D eigenvalue weighted by atomic mass is 19.1. The van der Waals surface area contributed by atoms with Crippen LogP contribution in [0.25, 0.3) is 10.9 Å². The number of halogens is 1. The quantitative estimate of drug-likeness (QED) is 0.925. The van der Waals surface area contributed by atoms with Gasteiger partial charge >= 0.3 is 0 Å².